The van der Waals surface area contributed by atoms with E-state index in [9.17, 15) is 17.6 Å². The third-order valence-electron chi connectivity index (χ3n) is 3.42. The second-order valence-corrected chi connectivity index (χ2v) is 5.50. The zero-order valence-electron chi connectivity index (χ0n) is 11.9. The summed E-state index contributed by atoms with van der Waals surface area (Å²) in [5, 5.41) is 9.21. The van der Waals surface area contributed by atoms with E-state index < -0.39 is 18.5 Å². The van der Waals surface area contributed by atoms with Gasteiger partial charge in [0, 0.05) is 17.1 Å². The van der Waals surface area contributed by atoms with Crippen LogP contribution in [0.2, 0.25) is 5.02 Å². The highest BCUT2D eigenvalue weighted by molar-refractivity contribution is 6.30. The number of halogens is 5. The molecule has 0 unspecified atom stereocenters. The van der Waals surface area contributed by atoms with Gasteiger partial charge < -0.3 is 4.57 Å². The van der Waals surface area contributed by atoms with E-state index in [-0.39, 0.29) is 16.4 Å². The van der Waals surface area contributed by atoms with Gasteiger partial charge in [0.2, 0.25) is 0 Å². The van der Waals surface area contributed by atoms with Crippen LogP contribution in [-0.2, 0) is 6.54 Å². The van der Waals surface area contributed by atoms with E-state index >= 15 is 0 Å². The Balaban J connectivity index is 2.25. The van der Waals surface area contributed by atoms with Crippen molar-refractivity contribution in [3.8, 4) is 17.2 Å². The van der Waals surface area contributed by atoms with Gasteiger partial charge in [-0.05, 0) is 29.8 Å². The molecule has 0 bridgehead atoms. The van der Waals surface area contributed by atoms with E-state index in [4.69, 9.17) is 16.9 Å². The van der Waals surface area contributed by atoms with Gasteiger partial charge in [-0.1, -0.05) is 17.7 Å². The molecular weight excluding hydrogens is 346 g/mol. The first-order valence-electron chi connectivity index (χ1n) is 6.70. The maximum absolute atomic E-state index is 13.7. The molecule has 0 aliphatic carbocycles. The Bertz CT molecular complexity index is 970. The van der Waals surface area contributed by atoms with Gasteiger partial charge in [0.1, 0.15) is 29.8 Å². The van der Waals surface area contributed by atoms with Gasteiger partial charge >= 0.3 is 6.18 Å². The van der Waals surface area contributed by atoms with Crippen LogP contribution in [0.3, 0.4) is 0 Å². The number of hydrogen-bond donors (Lipinski definition) is 0. The number of rotatable bonds is 2. The highest BCUT2D eigenvalue weighted by Crippen LogP contribution is 2.33. The number of hydrogen-bond acceptors (Lipinski definition) is 2. The zero-order valence-corrected chi connectivity index (χ0v) is 12.7. The molecule has 0 fully saturated rings. The minimum atomic E-state index is -4.46. The molecule has 0 atom stereocenters. The standard InChI is InChI=1S/C16H8ClF4N3/c17-13-4-1-9(5-14(13)18)12-7-24(8-16(19,20)21)15-11(12)3-2-10(6-22)23-15/h1-5,7H,8H2. The summed E-state index contributed by atoms with van der Waals surface area (Å²) in [4.78, 5) is 3.95. The number of fused-ring (bicyclic) bond motifs is 1. The molecule has 1 aromatic carbocycles. The van der Waals surface area contributed by atoms with E-state index in [1.54, 1.807) is 6.07 Å². The van der Waals surface area contributed by atoms with Gasteiger partial charge in [-0.25, -0.2) is 9.37 Å². The van der Waals surface area contributed by atoms with Crippen molar-refractivity contribution < 1.29 is 17.6 Å². The Labute approximate surface area is 138 Å². The molecular formula is C16H8ClF4N3. The minimum absolute atomic E-state index is 0.00198. The van der Waals surface area contributed by atoms with E-state index in [0.29, 0.717) is 16.5 Å². The molecule has 0 aliphatic rings. The lowest BCUT2D eigenvalue weighted by Crippen LogP contribution is -2.17. The predicted octanol–water partition coefficient (Wildman–Crippen LogP) is 4.93. The van der Waals surface area contributed by atoms with Crippen LogP contribution in [-0.4, -0.2) is 15.7 Å². The minimum Gasteiger partial charge on any atom is -0.323 e. The van der Waals surface area contributed by atoms with E-state index in [0.717, 1.165) is 10.6 Å². The topological polar surface area (TPSA) is 41.6 Å². The van der Waals surface area contributed by atoms with Crippen molar-refractivity contribution in [2.45, 2.75) is 12.7 Å². The van der Waals surface area contributed by atoms with Crippen LogP contribution in [0, 0.1) is 17.1 Å². The quantitative estimate of drug-likeness (QED) is 0.613. The first kappa shape index (κ1) is 16.3. The molecule has 3 nitrogen and oxygen atoms in total. The summed E-state index contributed by atoms with van der Waals surface area (Å²) < 4.78 is 53.0. The van der Waals surface area contributed by atoms with Crippen LogP contribution in [0.5, 0.6) is 0 Å². The van der Waals surface area contributed by atoms with Crippen LogP contribution in [0.15, 0.2) is 36.5 Å². The lowest BCUT2D eigenvalue weighted by Gasteiger charge is -2.08. The van der Waals surface area contributed by atoms with E-state index in [1.165, 1.54) is 30.5 Å². The number of benzene rings is 1. The molecule has 2 heterocycles. The van der Waals surface area contributed by atoms with Crippen molar-refractivity contribution in [1.29, 1.82) is 5.26 Å². The Morgan fingerprint density at radius 2 is 1.96 bits per heavy atom. The van der Waals surface area contributed by atoms with Crippen molar-refractivity contribution in [1.82, 2.24) is 9.55 Å². The highest BCUT2D eigenvalue weighted by atomic mass is 35.5. The van der Waals surface area contributed by atoms with Crippen LogP contribution in [0.1, 0.15) is 5.69 Å². The molecule has 0 radical (unpaired) electrons. The fourth-order valence-electron chi connectivity index (χ4n) is 2.43. The summed E-state index contributed by atoms with van der Waals surface area (Å²) in [6.45, 7) is -1.26. The van der Waals surface area contributed by atoms with Crippen molar-refractivity contribution in [2.75, 3.05) is 0 Å². The normalized spacial score (nSPS) is 11.7. The maximum Gasteiger partial charge on any atom is 0.406 e. The summed E-state index contributed by atoms with van der Waals surface area (Å²) in [6, 6.07) is 8.67. The smallest absolute Gasteiger partial charge is 0.323 e. The molecule has 0 N–H and O–H groups in total. The van der Waals surface area contributed by atoms with Crippen LogP contribution >= 0.6 is 11.6 Å². The lowest BCUT2D eigenvalue weighted by atomic mass is 10.1. The molecule has 24 heavy (non-hydrogen) atoms. The first-order chi connectivity index (χ1) is 11.3. The van der Waals surface area contributed by atoms with Gasteiger partial charge in [-0.15, -0.1) is 0 Å². The maximum atomic E-state index is 13.7. The van der Waals surface area contributed by atoms with Crippen molar-refractivity contribution >= 4 is 22.6 Å². The molecule has 0 spiro atoms. The average molecular weight is 354 g/mol. The SMILES string of the molecule is N#Cc1ccc2c(-c3ccc(Cl)c(F)c3)cn(CC(F)(F)F)c2n1. The number of aromatic nitrogens is 2. The predicted molar refractivity (Wildman–Crippen MR) is 80.9 cm³/mol. The fraction of sp³-hybridized carbons (Fsp3) is 0.125. The molecule has 0 aliphatic heterocycles. The van der Waals surface area contributed by atoms with Crippen molar-refractivity contribution in [3.05, 3.63) is 53.1 Å². The van der Waals surface area contributed by atoms with Gasteiger partial charge in [0.05, 0.1) is 5.02 Å². The molecule has 0 amide bonds. The third kappa shape index (κ3) is 3.05. The summed E-state index contributed by atoms with van der Waals surface area (Å²) in [6.07, 6.45) is -3.21. The number of nitrogens with zero attached hydrogens (tertiary/aromatic N) is 3. The summed E-state index contributed by atoms with van der Waals surface area (Å²) in [5.41, 5.74) is 0.755. The van der Waals surface area contributed by atoms with Crippen LogP contribution < -0.4 is 0 Å². The molecule has 122 valence electrons. The summed E-state index contributed by atoms with van der Waals surface area (Å²) in [5.74, 6) is -0.674. The van der Waals surface area contributed by atoms with Crippen molar-refractivity contribution in [2.24, 2.45) is 0 Å². The molecule has 0 saturated carbocycles. The first-order valence-corrected chi connectivity index (χ1v) is 7.08. The van der Waals surface area contributed by atoms with E-state index in [2.05, 4.69) is 4.98 Å². The third-order valence-corrected chi connectivity index (χ3v) is 3.72. The molecule has 8 heteroatoms. The number of pyridine rings is 1. The van der Waals surface area contributed by atoms with Crippen LogP contribution in [0.25, 0.3) is 22.2 Å². The van der Waals surface area contributed by atoms with Gasteiger partial charge in [0.15, 0.2) is 0 Å². The zero-order chi connectivity index (χ0) is 17.5. The highest BCUT2D eigenvalue weighted by Gasteiger charge is 2.29. The van der Waals surface area contributed by atoms with E-state index in [1.807, 2.05) is 0 Å². The largest absolute Gasteiger partial charge is 0.406 e. The van der Waals surface area contributed by atoms with Crippen LogP contribution in [0.4, 0.5) is 17.6 Å². The number of alkyl halides is 3. The summed E-state index contributed by atoms with van der Waals surface area (Å²) >= 11 is 5.64. The number of nitriles is 1. The Hall–Kier alpha value is -2.59. The molecule has 3 aromatic rings. The second-order valence-electron chi connectivity index (χ2n) is 5.09. The molecule has 3 rings (SSSR count). The summed E-state index contributed by atoms with van der Waals surface area (Å²) in [7, 11) is 0. The second kappa shape index (κ2) is 5.80. The van der Waals surface area contributed by atoms with Gasteiger partial charge in [-0.3, -0.25) is 0 Å². The fourth-order valence-corrected chi connectivity index (χ4v) is 2.55. The Morgan fingerprint density at radius 1 is 1.21 bits per heavy atom. The molecule has 0 saturated heterocycles. The Morgan fingerprint density at radius 3 is 2.58 bits per heavy atom. The Kier molecular flexibility index (Phi) is 3.93. The average Bonchev–Trinajstić information content (AvgIpc) is 2.86. The monoisotopic (exact) mass is 353 g/mol. The molecule has 2 aromatic heterocycles. The van der Waals surface area contributed by atoms with Gasteiger partial charge in [-0.2, -0.15) is 18.4 Å². The van der Waals surface area contributed by atoms with Crippen molar-refractivity contribution in [3.63, 3.8) is 0 Å². The van der Waals surface area contributed by atoms with Gasteiger partial charge in [0.25, 0.3) is 0 Å². The lowest BCUT2D eigenvalue weighted by molar-refractivity contribution is -0.139.